The van der Waals surface area contributed by atoms with Crippen LogP contribution in [-0.4, -0.2) is 50.6 Å². The molecule has 1 saturated heterocycles. The van der Waals surface area contributed by atoms with Crippen LogP contribution in [0.2, 0.25) is 0 Å². The van der Waals surface area contributed by atoms with Gasteiger partial charge in [-0.15, -0.1) is 5.10 Å². The minimum absolute atomic E-state index is 0.0373. The maximum atomic E-state index is 12.7. The van der Waals surface area contributed by atoms with Crippen molar-refractivity contribution in [2.45, 2.75) is 39.2 Å². The van der Waals surface area contributed by atoms with E-state index in [1.54, 1.807) is 10.9 Å². The van der Waals surface area contributed by atoms with E-state index < -0.39 is 0 Å². The normalized spacial score (nSPS) is 17.7. The number of hydrogen-bond donors (Lipinski definition) is 1. The lowest BCUT2D eigenvalue weighted by Crippen LogP contribution is -2.40. The smallest absolute Gasteiger partial charge is 0.276 e. The van der Waals surface area contributed by atoms with Gasteiger partial charge in [-0.2, -0.15) is 0 Å². The van der Waals surface area contributed by atoms with E-state index >= 15 is 0 Å². The fraction of sp³-hybridized carbons (Fsp3) is 0.526. The van der Waals surface area contributed by atoms with Gasteiger partial charge in [-0.1, -0.05) is 29.5 Å². The number of aryl methyl sites for hydroxylation is 1. The van der Waals surface area contributed by atoms with Crippen LogP contribution in [0.25, 0.3) is 0 Å². The quantitative estimate of drug-likeness (QED) is 0.874. The molecule has 6 nitrogen and oxygen atoms in total. The highest BCUT2D eigenvalue weighted by atomic mass is 16.3. The maximum Gasteiger partial charge on any atom is 0.276 e. The fourth-order valence-electron chi connectivity index (χ4n) is 3.46. The minimum atomic E-state index is -0.0373. The number of carbonyl (C=O) groups excluding carboxylic acids is 1. The van der Waals surface area contributed by atoms with Gasteiger partial charge in [0.1, 0.15) is 0 Å². The molecule has 0 bridgehead atoms. The van der Waals surface area contributed by atoms with Gasteiger partial charge in [0.25, 0.3) is 5.91 Å². The van der Waals surface area contributed by atoms with Crippen molar-refractivity contribution in [1.29, 1.82) is 0 Å². The zero-order chi connectivity index (χ0) is 17.6. The molecule has 1 aliphatic rings. The second-order valence-electron chi connectivity index (χ2n) is 6.85. The first-order valence-corrected chi connectivity index (χ1v) is 9.02. The van der Waals surface area contributed by atoms with E-state index in [1.807, 2.05) is 17.0 Å². The summed E-state index contributed by atoms with van der Waals surface area (Å²) in [6.07, 6.45) is 5.66. The Hall–Kier alpha value is -2.21. The van der Waals surface area contributed by atoms with Gasteiger partial charge < -0.3 is 10.0 Å². The van der Waals surface area contributed by atoms with Gasteiger partial charge in [-0.3, -0.25) is 4.79 Å². The number of amides is 1. The van der Waals surface area contributed by atoms with Gasteiger partial charge in [0, 0.05) is 19.7 Å². The highest BCUT2D eigenvalue weighted by Crippen LogP contribution is 2.22. The predicted octanol–water partition coefficient (Wildman–Crippen LogP) is 2.26. The van der Waals surface area contributed by atoms with Gasteiger partial charge >= 0.3 is 0 Å². The molecule has 1 amide bonds. The average Bonchev–Trinajstić information content (AvgIpc) is 3.10. The minimum Gasteiger partial charge on any atom is -0.396 e. The van der Waals surface area contributed by atoms with Gasteiger partial charge in [-0.25, -0.2) is 4.68 Å². The van der Waals surface area contributed by atoms with E-state index in [-0.39, 0.29) is 12.5 Å². The molecule has 1 fully saturated rings. The highest BCUT2D eigenvalue weighted by molar-refractivity contribution is 5.92. The van der Waals surface area contributed by atoms with E-state index in [0.717, 1.165) is 38.8 Å². The molecule has 1 aromatic heterocycles. The van der Waals surface area contributed by atoms with Crippen LogP contribution >= 0.6 is 0 Å². The van der Waals surface area contributed by atoms with E-state index in [2.05, 4.69) is 29.4 Å². The van der Waals surface area contributed by atoms with Crippen LogP contribution in [0.5, 0.6) is 0 Å². The Balaban J connectivity index is 1.63. The Morgan fingerprint density at radius 1 is 1.36 bits per heavy atom. The van der Waals surface area contributed by atoms with Crippen LogP contribution in [0.1, 0.15) is 47.3 Å². The van der Waals surface area contributed by atoms with Crippen molar-refractivity contribution < 1.29 is 9.90 Å². The summed E-state index contributed by atoms with van der Waals surface area (Å²) in [5.74, 6) is 0.441. The number of rotatable bonds is 6. The standard InChI is InChI=1S/C19H26N4O2/c1-15-6-2-3-9-17(15)13-23-14-18(20-21-23)19(25)22-10-4-7-16(12-22)8-5-11-24/h2-3,6,9,14,16,24H,4-5,7-8,10-13H2,1H3/t16-/m1/s1. The molecule has 1 N–H and O–H groups in total. The molecule has 2 aromatic rings. The lowest BCUT2D eigenvalue weighted by atomic mass is 9.93. The molecule has 1 aliphatic heterocycles. The van der Waals surface area contributed by atoms with Crippen molar-refractivity contribution in [2.24, 2.45) is 5.92 Å². The molecule has 2 heterocycles. The van der Waals surface area contributed by atoms with Crippen LogP contribution in [0.15, 0.2) is 30.5 Å². The Morgan fingerprint density at radius 2 is 2.20 bits per heavy atom. The second-order valence-corrected chi connectivity index (χ2v) is 6.85. The zero-order valence-electron chi connectivity index (χ0n) is 14.8. The number of carbonyl (C=O) groups is 1. The number of hydrogen-bond acceptors (Lipinski definition) is 4. The van der Waals surface area contributed by atoms with Crippen molar-refractivity contribution in [2.75, 3.05) is 19.7 Å². The van der Waals surface area contributed by atoms with E-state index in [0.29, 0.717) is 18.2 Å². The van der Waals surface area contributed by atoms with Crippen molar-refractivity contribution >= 4 is 5.91 Å². The van der Waals surface area contributed by atoms with Crippen LogP contribution in [-0.2, 0) is 6.54 Å². The van der Waals surface area contributed by atoms with Gasteiger partial charge in [0.05, 0.1) is 12.7 Å². The molecule has 1 atom stereocenters. The lowest BCUT2D eigenvalue weighted by Gasteiger charge is -2.32. The molecule has 0 aliphatic carbocycles. The summed E-state index contributed by atoms with van der Waals surface area (Å²) in [6.45, 7) is 4.44. The van der Waals surface area contributed by atoms with Crippen LogP contribution in [0.3, 0.4) is 0 Å². The predicted molar refractivity (Wildman–Crippen MR) is 95.3 cm³/mol. The third-order valence-electron chi connectivity index (χ3n) is 4.93. The molecular weight excluding hydrogens is 316 g/mol. The number of aromatic nitrogens is 3. The van der Waals surface area contributed by atoms with Gasteiger partial charge in [0.2, 0.25) is 0 Å². The largest absolute Gasteiger partial charge is 0.396 e. The average molecular weight is 342 g/mol. The number of nitrogens with zero attached hydrogens (tertiary/aromatic N) is 4. The van der Waals surface area contributed by atoms with E-state index in [4.69, 9.17) is 5.11 Å². The Bertz CT molecular complexity index is 713. The summed E-state index contributed by atoms with van der Waals surface area (Å²) < 4.78 is 1.72. The highest BCUT2D eigenvalue weighted by Gasteiger charge is 2.25. The lowest BCUT2D eigenvalue weighted by molar-refractivity contribution is 0.0657. The van der Waals surface area contributed by atoms with E-state index in [1.165, 1.54) is 11.1 Å². The summed E-state index contributed by atoms with van der Waals surface area (Å²) in [4.78, 5) is 14.6. The Labute approximate surface area is 148 Å². The molecule has 134 valence electrons. The number of benzene rings is 1. The summed E-state index contributed by atoms with van der Waals surface area (Å²) in [5, 5.41) is 17.2. The monoisotopic (exact) mass is 342 g/mol. The third kappa shape index (κ3) is 4.45. The van der Waals surface area contributed by atoms with Crippen molar-refractivity contribution in [3.8, 4) is 0 Å². The molecule has 0 radical (unpaired) electrons. The second kappa shape index (κ2) is 8.25. The van der Waals surface area contributed by atoms with Crippen molar-refractivity contribution in [1.82, 2.24) is 19.9 Å². The molecule has 6 heteroatoms. The first kappa shape index (κ1) is 17.6. The molecular formula is C19H26N4O2. The first-order valence-electron chi connectivity index (χ1n) is 9.02. The first-order chi connectivity index (χ1) is 12.2. The summed E-state index contributed by atoms with van der Waals surface area (Å²) in [6, 6.07) is 8.15. The zero-order valence-corrected chi connectivity index (χ0v) is 14.8. The topological polar surface area (TPSA) is 71.2 Å². The summed E-state index contributed by atoms with van der Waals surface area (Å²) in [5.41, 5.74) is 2.79. The molecule has 25 heavy (non-hydrogen) atoms. The van der Waals surface area contributed by atoms with Crippen molar-refractivity contribution in [3.63, 3.8) is 0 Å². The number of aliphatic hydroxyl groups excluding tert-OH is 1. The van der Waals surface area contributed by atoms with Crippen LogP contribution in [0.4, 0.5) is 0 Å². The summed E-state index contributed by atoms with van der Waals surface area (Å²) >= 11 is 0. The fourth-order valence-corrected chi connectivity index (χ4v) is 3.46. The van der Waals surface area contributed by atoms with Gasteiger partial charge in [-0.05, 0) is 49.7 Å². The Kier molecular flexibility index (Phi) is 5.81. The molecule has 0 unspecified atom stereocenters. The summed E-state index contributed by atoms with van der Waals surface area (Å²) in [7, 11) is 0. The van der Waals surface area contributed by atoms with Gasteiger partial charge in [0.15, 0.2) is 5.69 Å². The number of likely N-dealkylation sites (tertiary alicyclic amines) is 1. The number of piperidine rings is 1. The van der Waals surface area contributed by atoms with E-state index in [9.17, 15) is 4.79 Å². The third-order valence-corrected chi connectivity index (χ3v) is 4.93. The van der Waals surface area contributed by atoms with Crippen LogP contribution in [0, 0.1) is 12.8 Å². The maximum absolute atomic E-state index is 12.7. The molecule has 0 spiro atoms. The molecule has 0 saturated carbocycles. The van der Waals surface area contributed by atoms with Crippen LogP contribution < -0.4 is 0 Å². The molecule has 3 rings (SSSR count). The van der Waals surface area contributed by atoms with Crippen molar-refractivity contribution in [3.05, 3.63) is 47.3 Å². The number of aliphatic hydroxyl groups is 1. The molecule has 1 aromatic carbocycles. The Morgan fingerprint density at radius 3 is 3.00 bits per heavy atom. The SMILES string of the molecule is Cc1ccccc1Cn1cc(C(=O)N2CCC[C@H](CCCO)C2)nn1.